The second-order valence-electron chi connectivity index (χ2n) is 4.13. The molecule has 2 aromatic carbocycles. The normalized spacial score (nSPS) is 9.81. The zero-order valence-electron chi connectivity index (χ0n) is 11.3. The molecule has 0 saturated heterocycles. The Morgan fingerprint density at radius 1 is 0.952 bits per heavy atom. The van der Waals surface area contributed by atoms with E-state index in [2.05, 4.69) is 28.0 Å². The number of hydrogen-bond acceptors (Lipinski definition) is 4. The topological polar surface area (TPSA) is 67.4 Å². The summed E-state index contributed by atoms with van der Waals surface area (Å²) >= 11 is 4.25. The van der Waals surface area contributed by atoms with Crippen LogP contribution in [0.4, 0.5) is 16.2 Å². The zero-order valence-corrected chi connectivity index (χ0v) is 12.2. The van der Waals surface area contributed by atoms with E-state index in [1.54, 1.807) is 42.5 Å². The molecule has 2 amide bonds. The first-order chi connectivity index (χ1) is 10.1. The van der Waals surface area contributed by atoms with Crippen molar-refractivity contribution in [3.63, 3.8) is 0 Å². The van der Waals surface area contributed by atoms with Crippen molar-refractivity contribution < 1.29 is 14.3 Å². The molecule has 0 aromatic heterocycles. The van der Waals surface area contributed by atoms with Crippen LogP contribution >= 0.6 is 12.6 Å². The summed E-state index contributed by atoms with van der Waals surface area (Å²) in [6.07, 6.45) is 0. The first-order valence-electron chi connectivity index (χ1n) is 6.15. The minimum absolute atomic E-state index is 0.286. The minimum atomic E-state index is -0.513. The number of methoxy groups -OCH3 is 1. The monoisotopic (exact) mass is 302 g/mol. The van der Waals surface area contributed by atoms with Gasteiger partial charge in [-0.15, -0.1) is 12.6 Å². The third-order valence-corrected chi connectivity index (χ3v) is 3.12. The Bertz CT molecular complexity index is 673. The van der Waals surface area contributed by atoms with Crippen molar-refractivity contribution in [2.45, 2.75) is 4.90 Å². The number of carbonyl (C=O) groups excluding carboxylic acids is 2. The Morgan fingerprint density at radius 2 is 1.52 bits per heavy atom. The second kappa shape index (κ2) is 6.81. The lowest BCUT2D eigenvalue weighted by molar-refractivity contribution is 0.0602. The molecule has 6 heteroatoms. The summed E-state index contributed by atoms with van der Waals surface area (Å²) in [7, 11) is 1.29. The van der Waals surface area contributed by atoms with E-state index in [0.717, 1.165) is 0 Å². The largest absolute Gasteiger partial charge is 0.465 e. The van der Waals surface area contributed by atoms with Gasteiger partial charge in [0, 0.05) is 4.90 Å². The van der Waals surface area contributed by atoms with Gasteiger partial charge in [0.2, 0.25) is 0 Å². The van der Waals surface area contributed by atoms with Gasteiger partial charge in [-0.25, -0.2) is 9.59 Å². The average molecular weight is 302 g/mol. The van der Waals surface area contributed by atoms with E-state index < -0.39 is 12.0 Å². The number of urea groups is 1. The molecule has 0 aliphatic carbocycles. The number of hydrogen-bond donors (Lipinski definition) is 3. The van der Waals surface area contributed by atoms with Crippen LogP contribution in [0.25, 0.3) is 0 Å². The van der Waals surface area contributed by atoms with Crippen LogP contribution in [-0.2, 0) is 4.74 Å². The number of benzene rings is 2. The van der Waals surface area contributed by atoms with E-state index in [0.29, 0.717) is 16.3 Å². The van der Waals surface area contributed by atoms with Crippen LogP contribution in [0, 0.1) is 0 Å². The summed E-state index contributed by atoms with van der Waals surface area (Å²) in [5, 5.41) is 5.28. The molecule has 21 heavy (non-hydrogen) atoms. The van der Waals surface area contributed by atoms with Gasteiger partial charge in [-0.05, 0) is 24.3 Å². The lowest BCUT2D eigenvalue weighted by atomic mass is 10.2. The fourth-order valence-corrected chi connectivity index (χ4v) is 1.95. The maximum absolute atomic E-state index is 12.0. The van der Waals surface area contributed by atoms with Crippen molar-refractivity contribution in [3.8, 4) is 0 Å². The summed E-state index contributed by atoms with van der Waals surface area (Å²) in [5.41, 5.74) is 1.24. The molecular weight excluding hydrogens is 288 g/mol. The quantitative estimate of drug-likeness (QED) is 0.601. The van der Waals surface area contributed by atoms with Crippen LogP contribution in [0.3, 0.4) is 0 Å². The van der Waals surface area contributed by atoms with Crippen LogP contribution in [0.5, 0.6) is 0 Å². The maximum atomic E-state index is 12.0. The van der Waals surface area contributed by atoms with Crippen LogP contribution in [-0.4, -0.2) is 19.1 Å². The van der Waals surface area contributed by atoms with E-state index in [1.807, 2.05) is 6.07 Å². The number of esters is 1. The predicted octanol–water partition coefficient (Wildman–Crippen LogP) is 3.41. The first kappa shape index (κ1) is 14.9. The molecule has 2 rings (SSSR count). The molecule has 0 aliphatic rings. The first-order valence-corrected chi connectivity index (χ1v) is 6.60. The highest BCUT2D eigenvalue weighted by atomic mass is 32.1. The number of nitrogens with one attached hydrogen (secondary N) is 2. The molecular formula is C15H14N2O3S. The number of para-hydroxylation sites is 2. The highest BCUT2D eigenvalue weighted by molar-refractivity contribution is 7.80. The van der Waals surface area contributed by atoms with Gasteiger partial charge in [0.05, 0.1) is 24.0 Å². The summed E-state index contributed by atoms with van der Waals surface area (Å²) < 4.78 is 4.67. The van der Waals surface area contributed by atoms with Crippen LogP contribution < -0.4 is 10.6 Å². The van der Waals surface area contributed by atoms with Crippen molar-refractivity contribution in [1.82, 2.24) is 0 Å². The predicted molar refractivity (Wildman–Crippen MR) is 84.1 cm³/mol. The maximum Gasteiger partial charge on any atom is 0.339 e. The van der Waals surface area contributed by atoms with Gasteiger partial charge in [0.1, 0.15) is 0 Å². The Morgan fingerprint density at radius 3 is 2.19 bits per heavy atom. The second-order valence-corrected chi connectivity index (χ2v) is 4.62. The molecule has 0 saturated carbocycles. The fourth-order valence-electron chi connectivity index (χ4n) is 1.74. The summed E-state index contributed by atoms with van der Waals surface area (Å²) in [4.78, 5) is 24.3. The molecule has 0 heterocycles. The lowest BCUT2D eigenvalue weighted by Crippen LogP contribution is -2.21. The van der Waals surface area contributed by atoms with E-state index >= 15 is 0 Å². The highest BCUT2D eigenvalue weighted by Gasteiger charge is 2.13. The van der Waals surface area contributed by atoms with Gasteiger partial charge in [-0.2, -0.15) is 0 Å². The van der Waals surface area contributed by atoms with Gasteiger partial charge in [-0.1, -0.05) is 24.3 Å². The van der Waals surface area contributed by atoms with Crippen molar-refractivity contribution in [1.29, 1.82) is 0 Å². The molecule has 0 bridgehead atoms. The molecule has 0 radical (unpaired) electrons. The number of ether oxygens (including phenoxy) is 1. The number of amides is 2. The van der Waals surface area contributed by atoms with Crippen LogP contribution in [0.2, 0.25) is 0 Å². The van der Waals surface area contributed by atoms with E-state index in [4.69, 9.17) is 0 Å². The van der Waals surface area contributed by atoms with E-state index in [-0.39, 0.29) is 5.56 Å². The summed E-state index contributed by atoms with van der Waals surface area (Å²) in [6.45, 7) is 0. The molecule has 0 unspecified atom stereocenters. The fraction of sp³-hybridized carbons (Fsp3) is 0.0667. The molecule has 0 spiro atoms. The van der Waals surface area contributed by atoms with Crippen molar-refractivity contribution in [2.24, 2.45) is 0 Å². The number of carbonyl (C=O) groups is 2. The molecule has 5 nitrogen and oxygen atoms in total. The van der Waals surface area contributed by atoms with E-state index in [9.17, 15) is 9.59 Å². The standard InChI is InChI=1S/C15H14N2O3S/c1-20-14(18)10-6-2-3-7-11(10)16-15(19)17-12-8-4-5-9-13(12)21/h2-9,21H,1H3,(H2,16,17,19). The minimum Gasteiger partial charge on any atom is -0.465 e. The molecule has 108 valence electrons. The third-order valence-electron chi connectivity index (χ3n) is 2.73. The summed E-state index contributed by atoms with van der Waals surface area (Å²) in [6, 6.07) is 13.2. The van der Waals surface area contributed by atoms with Gasteiger partial charge >= 0.3 is 12.0 Å². The lowest BCUT2D eigenvalue weighted by Gasteiger charge is -2.11. The molecule has 0 atom stereocenters. The third kappa shape index (κ3) is 3.76. The van der Waals surface area contributed by atoms with Gasteiger partial charge in [0.25, 0.3) is 0 Å². The van der Waals surface area contributed by atoms with Crippen LogP contribution in [0.1, 0.15) is 10.4 Å². The number of rotatable bonds is 3. The Balaban J connectivity index is 2.14. The smallest absolute Gasteiger partial charge is 0.339 e. The molecule has 0 aliphatic heterocycles. The van der Waals surface area contributed by atoms with Gasteiger partial charge in [-0.3, -0.25) is 0 Å². The average Bonchev–Trinajstić information content (AvgIpc) is 2.49. The van der Waals surface area contributed by atoms with Crippen LogP contribution in [0.15, 0.2) is 53.4 Å². The summed E-state index contributed by atoms with van der Waals surface area (Å²) in [5.74, 6) is -0.513. The molecule has 0 fully saturated rings. The van der Waals surface area contributed by atoms with Gasteiger partial charge < -0.3 is 15.4 Å². The number of thiol groups is 1. The molecule has 2 N–H and O–H groups in total. The van der Waals surface area contributed by atoms with Gasteiger partial charge in [0.15, 0.2) is 0 Å². The zero-order chi connectivity index (χ0) is 15.2. The van der Waals surface area contributed by atoms with Crippen molar-refractivity contribution in [3.05, 3.63) is 54.1 Å². The Kier molecular flexibility index (Phi) is 4.84. The number of anilines is 2. The highest BCUT2D eigenvalue weighted by Crippen LogP contribution is 2.20. The van der Waals surface area contributed by atoms with Crippen molar-refractivity contribution in [2.75, 3.05) is 17.7 Å². The molecule has 2 aromatic rings. The van der Waals surface area contributed by atoms with Crippen molar-refractivity contribution >= 4 is 36.0 Å². The Labute approximate surface area is 127 Å². The Hall–Kier alpha value is -2.47. The SMILES string of the molecule is COC(=O)c1ccccc1NC(=O)Nc1ccccc1S. The van der Waals surface area contributed by atoms with E-state index in [1.165, 1.54) is 7.11 Å².